The summed E-state index contributed by atoms with van der Waals surface area (Å²) in [7, 11) is 3.67. The second-order valence-electron chi connectivity index (χ2n) is 4.00. The summed E-state index contributed by atoms with van der Waals surface area (Å²) in [6.45, 7) is 4.95. The Hall–Kier alpha value is -1.62. The summed E-state index contributed by atoms with van der Waals surface area (Å²) in [6.07, 6.45) is 0. The Kier molecular flexibility index (Phi) is 4.90. The number of ether oxygens (including phenoxy) is 1. The van der Waals surface area contributed by atoms with Crippen molar-refractivity contribution in [2.75, 3.05) is 50.6 Å². The van der Waals surface area contributed by atoms with Crippen molar-refractivity contribution in [2.24, 2.45) is 0 Å². The van der Waals surface area contributed by atoms with Crippen LogP contribution in [-0.2, 0) is 0 Å². The molecular weight excluding hydrogens is 216 g/mol. The molecule has 0 saturated carbocycles. The van der Waals surface area contributed by atoms with Gasteiger partial charge in [0, 0.05) is 19.2 Å². The number of nitrogens with zero attached hydrogens (tertiary/aromatic N) is 1. The van der Waals surface area contributed by atoms with Gasteiger partial charge in [-0.1, -0.05) is 6.92 Å². The molecule has 0 bridgehead atoms. The van der Waals surface area contributed by atoms with E-state index in [0.717, 1.165) is 25.3 Å². The van der Waals surface area contributed by atoms with Crippen LogP contribution in [0.1, 0.15) is 6.92 Å². The molecule has 0 fully saturated rings. The number of rotatable bonds is 6. The molecule has 5 heteroatoms. The molecule has 1 rings (SSSR count). The summed E-state index contributed by atoms with van der Waals surface area (Å²) in [5.74, 6) is 0.644. The van der Waals surface area contributed by atoms with E-state index in [1.54, 1.807) is 13.2 Å². The first-order valence-electron chi connectivity index (χ1n) is 5.73. The lowest BCUT2D eigenvalue weighted by Crippen LogP contribution is -2.24. The van der Waals surface area contributed by atoms with Crippen LogP contribution in [0.15, 0.2) is 12.1 Å². The highest BCUT2D eigenvalue weighted by Gasteiger charge is 2.05. The van der Waals surface area contributed by atoms with Gasteiger partial charge in [0.05, 0.1) is 24.2 Å². The molecule has 0 aliphatic carbocycles. The third-order valence-corrected chi connectivity index (χ3v) is 2.75. The summed E-state index contributed by atoms with van der Waals surface area (Å²) in [5.41, 5.74) is 13.7. The minimum Gasteiger partial charge on any atom is -0.495 e. The van der Waals surface area contributed by atoms with Gasteiger partial charge in [-0.05, 0) is 19.7 Å². The van der Waals surface area contributed by atoms with E-state index in [2.05, 4.69) is 24.2 Å². The Bertz CT molecular complexity index is 368. The van der Waals surface area contributed by atoms with Crippen LogP contribution < -0.4 is 21.5 Å². The molecule has 1 aromatic rings. The first-order chi connectivity index (χ1) is 8.08. The molecule has 0 aliphatic heterocycles. The van der Waals surface area contributed by atoms with Gasteiger partial charge in [-0.3, -0.25) is 0 Å². The summed E-state index contributed by atoms with van der Waals surface area (Å²) in [6, 6.07) is 3.54. The molecule has 17 heavy (non-hydrogen) atoms. The third-order valence-electron chi connectivity index (χ3n) is 2.75. The fourth-order valence-electron chi connectivity index (χ4n) is 1.48. The molecule has 0 amide bonds. The van der Waals surface area contributed by atoms with Gasteiger partial charge in [0.2, 0.25) is 0 Å². The van der Waals surface area contributed by atoms with Crippen LogP contribution in [0.2, 0.25) is 0 Å². The van der Waals surface area contributed by atoms with E-state index in [9.17, 15) is 0 Å². The summed E-state index contributed by atoms with van der Waals surface area (Å²) >= 11 is 0. The third kappa shape index (κ3) is 3.71. The lowest BCUT2D eigenvalue weighted by atomic mass is 10.2. The minimum absolute atomic E-state index is 0.557. The largest absolute Gasteiger partial charge is 0.495 e. The number of nitrogens with two attached hydrogens (primary N) is 2. The van der Waals surface area contributed by atoms with Crippen LogP contribution in [0.4, 0.5) is 17.1 Å². The molecule has 96 valence electrons. The number of nitrogens with one attached hydrogen (secondary N) is 1. The maximum Gasteiger partial charge on any atom is 0.143 e. The SMILES string of the molecule is CCN(C)CCNc1cc(OC)c(N)cc1N. The average molecular weight is 238 g/mol. The standard InChI is InChI=1S/C12H22N4O/c1-4-16(2)6-5-15-11-8-12(17-3)10(14)7-9(11)13/h7-8,15H,4-6,13-14H2,1-3H3. The van der Waals surface area contributed by atoms with Crippen LogP contribution in [0.25, 0.3) is 0 Å². The molecule has 1 aromatic carbocycles. The first-order valence-corrected chi connectivity index (χ1v) is 5.73. The van der Waals surface area contributed by atoms with Gasteiger partial charge in [-0.15, -0.1) is 0 Å². The van der Waals surface area contributed by atoms with Gasteiger partial charge in [-0.2, -0.15) is 0 Å². The minimum atomic E-state index is 0.557. The second kappa shape index (κ2) is 6.20. The second-order valence-corrected chi connectivity index (χ2v) is 4.00. The molecule has 0 heterocycles. The molecule has 0 aromatic heterocycles. The van der Waals surface area contributed by atoms with E-state index in [4.69, 9.17) is 16.2 Å². The maximum absolute atomic E-state index is 5.88. The lowest BCUT2D eigenvalue weighted by Gasteiger charge is -2.16. The Balaban J connectivity index is 2.64. The Morgan fingerprint density at radius 2 is 2.00 bits per heavy atom. The molecule has 5 N–H and O–H groups in total. The van der Waals surface area contributed by atoms with Crippen LogP contribution in [0, 0.1) is 0 Å². The lowest BCUT2D eigenvalue weighted by molar-refractivity contribution is 0.367. The highest BCUT2D eigenvalue weighted by molar-refractivity contribution is 5.75. The van der Waals surface area contributed by atoms with Crippen LogP contribution in [0.5, 0.6) is 5.75 Å². The van der Waals surface area contributed by atoms with Crippen molar-refractivity contribution in [3.05, 3.63) is 12.1 Å². The monoisotopic (exact) mass is 238 g/mol. The molecule has 0 saturated heterocycles. The molecule has 0 atom stereocenters. The van der Waals surface area contributed by atoms with E-state index in [1.165, 1.54) is 0 Å². The van der Waals surface area contributed by atoms with Crippen molar-refractivity contribution in [1.29, 1.82) is 0 Å². The topological polar surface area (TPSA) is 76.5 Å². The zero-order chi connectivity index (χ0) is 12.8. The summed E-state index contributed by atoms with van der Waals surface area (Å²) < 4.78 is 5.16. The normalized spacial score (nSPS) is 10.6. The van der Waals surface area contributed by atoms with Crippen molar-refractivity contribution in [1.82, 2.24) is 4.90 Å². The smallest absolute Gasteiger partial charge is 0.143 e. The predicted octanol–water partition coefficient (Wildman–Crippen LogP) is 1.22. The highest BCUT2D eigenvalue weighted by atomic mass is 16.5. The molecule has 0 aliphatic rings. The maximum atomic E-state index is 5.88. The summed E-state index contributed by atoms with van der Waals surface area (Å²) in [4.78, 5) is 2.22. The van der Waals surface area contributed by atoms with Crippen LogP contribution >= 0.6 is 0 Å². The Labute approximate surface area is 103 Å². The van der Waals surface area contributed by atoms with E-state index >= 15 is 0 Å². The van der Waals surface area contributed by atoms with Crippen LogP contribution in [0.3, 0.4) is 0 Å². The van der Waals surface area contributed by atoms with E-state index < -0.39 is 0 Å². The number of hydrogen-bond acceptors (Lipinski definition) is 5. The summed E-state index contributed by atoms with van der Waals surface area (Å²) in [5, 5.41) is 3.28. The predicted molar refractivity (Wildman–Crippen MR) is 73.5 cm³/mol. The van der Waals surface area contributed by atoms with Gasteiger partial charge in [0.1, 0.15) is 5.75 Å². The van der Waals surface area contributed by atoms with Crippen molar-refractivity contribution >= 4 is 17.1 Å². The quantitative estimate of drug-likeness (QED) is 0.650. The number of benzene rings is 1. The number of hydrogen-bond donors (Lipinski definition) is 3. The molecule has 5 nitrogen and oxygen atoms in total. The van der Waals surface area contributed by atoms with Crippen molar-refractivity contribution in [2.45, 2.75) is 6.92 Å². The van der Waals surface area contributed by atoms with Gasteiger partial charge < -0.3 is 26.4 Å². The van der Waals surface area contributed by atoms with E-state index in [-0.39, 0.29) is 0 Å². The number of anilines is 3. The highest BCUT2D eigenvalue weighted by Crippen LogP contribution is 2.30. The average Bonchev–Trinajstić information content (AvgIpc) is 2.31. The fraction of sp³-hybridized carbons (Fsp3) is 0.500. The number of nitrogen functional groups attached to an aromatic ring is 2. The Morgan fingerprint density at radius 3 is 2.59 bits per heavy atom. The molecule has 0 spiro atoms. The van der Waals surface area contributed by atoms with Crippen molar-refractivity contribution < 1.29 is 4.74 Å². The van der Waals surface area contributed by atoms with Crippen molar-refractivity contribution in [3.8, 4) is 5.75 Å². The zero-order valence-electron chi connectivity index (χ0n) is 10.8. The van der Waals surface area contributed by atoms with E-state index in [0.29, 0.717) is 17.1 Å². The molecule has 0 unspecified atom stereocenters. The molecule has 0 radical (unpaired) electrons. The van der Waals surface area contributed by atoms with Gasteiger partial charge in [0.25, 0.3) is 0 Å². The van der Waals surface area contributed by atoms with Crippen molar-refractivity contribution in [3.63, 3.8) is 0 Å². The number of likely N-dealkylation sites (N-methyl/N-ethyl adjacent to an activating group) is 1. The van der Waals surface area contributed by atoms with Gasteiger partial charge in [-0.25, -0.2) is 0 Å². The van der Waals surface area contributed by atoms with Gasteiger partial charge in [0.15, 0.2) is 0 Å². The van der Waals surface area contributed by atoms with E-state index in [1.807, 2.05) is 6.07 Å². The first kappa shape index (κ1) is 13.4. The molecular formula is C12H22N4O. The fourth-order valence-corrected chi connectivity index (χ4v) is 1.48. The number of methoxy groups -OCH3 is 1. The van der Waals surface area contributed by atoms with Gasteiger partial charge >= 0.3 is 0 Å². The van der Waals surface area contributed by atoms with Crippen LogP contribution in [-0.4, -0.2) is 38.7 Å². The Morgan fingerprint density at radius 1 is 1.29 bits per heavy atom. The zero-order valence-corrected chi connectivity index (χ0v) is 10.8.